The van der Waals surface area contributed by atoms with Gasteiger partial charge in [0.1, 0.15) is 0 Å². The maximum Gasteiger partial charge on any atom is 0.0813 e. The van der Waals surface area contributed by atoms with Crippen molar-refractivity contribution in [1.29, 1.82) is 0 Å². The maximum atomic E-state index is 6.23. The first kappa shape index (κ1) is 15.3. The van der Waals surface area contributed by atoms with Gasteiger partial charge in [0.2, 0.25) is 0 Å². The van der Waals surface area contributed by atoms with E-state index in [4.69, 9.17) is 15.2 Å². The average Bonchev–Trinajstić information content (AvgIpc) is 2.83. The smallest absolute Gasteiger partial charge is 0.0813 e. The number of ether oxygens (including phenoxy) is 2. The van der Waals surface area contributed by atoms with Gasteiger partial charge < -0.3 is 15.2 Å². The first-order valence-corrected chi connectivity index (χ1v) is 8.04. The highest BCUT2D eigenvalue weighted by Gasteiger charge is 2.37. The van der Waals surface area contributed by atoms with Crippen molar-refractivity contribution in [2.45, 2.75) is 77.1 Å². The van der Waals surface area contributed by atoms with Crippen LogP contribution in [0, 0.1) is 11.8 Å². The van der Waals surface area contributed by atoms with E-state index in [1.807, 2.05) is 0 Å². The molecule has 1 heterocycles. The summed E-state index contributed by atoms with van der Waals surface area (Å²) in [6.07, 6.45) is 7.76. The third-order valence-corrected chi connectivity index (χ3v) is 5.15. The Kier molecular flexibility index (Phi) is 5.27. The fourth-order valence-electron chi connectivity index (χ4n) is 3.52. The highest BCUT2D eigenvalue weighted by molar-refractivity contribution is 4.89. The van der Waals surface area contributed by atoms with Gasteiger partial charge in [0, 0.05) is 6.54 Å². The van der Waals surface area contributed by atoms with Crippen LogP contribution in [-0.4, -0.2) is 31.0 Å². The summed E-state index contributed by atoms with van der Waals surface area (Å²) in [6, 6.07) is 0. The van der Waals surface area contributed by atoms with E-state index in [1.54, 1.807) is 0 Å². The van der Waals surface area contributed by atoms with E-state index in [0.717, 1.165) is 37.7 Å². The number of hydrogen-bond donors (Lipinski definition) is 1. The molecule has 2 unspecified atom stereocenters. The van der Waals surface area contributed by atoms with E-state index < -0.39 is 0 Å². The van der Waals surface area contributed by atoms with E-state index in [0.29, 0.717) is 18.8 Å². The first-order chi connectivity index (χ1) is 9.04. The molecule has 1 saturated heterocycles. The molecule has 0 aromatic heterocycles. The zero-order chi connectivity index (χ0) is 13.9. The second-order valence-corrected chi connectivity index (χ2v) is 6.93. The lowest BCUT2D eigenvalue weighted by Gasteiger charge is -2.41. The van der Waals surface area contributed by atoms with Crippen molar-refractivity contribution in [3.63, 3.8) is 0 Å². The van der Waals surface area contributed by atoms with Gasteiger partial charge in [0.05, 0.1) is 24.4 Å². The Hall–Kier alpha value is -0.120. The van der Waals surface area contributed by atoms with Gasteiger partial charge >= 0.3 is 0 Å². The van der Waals surface area contributed by atoms with Gasteiger partial charge in [-0.15, -0.1) is 0 Å². The van der Waals surface area contributed by atoms with E-state index in [9.17, 15) is 0 Å². The third-order valence-electron chi connectivity index (χ3n) is 5.15. The topological polar surface area (TPSA) is 44.5 Å². The summed E-state index contributed by atoms with van der Waals surface area (Å²) >= 11 is 0. The Morgan fingerprint density at radius 1 is 1.21 bits per heavy atom. The summed E-state index contributed by atoms with van der Waals surface area (Å²) in [6.45, 7) is 8.18. The molecular formula is C16H31NO2. The lowest BCUT2D eigenvalue weighted by Crippen LogP contribution is -2.46. The molecule has 2 fully saturated rings. The van der Waals surface area contributed by atoms with E-state index in [-0.39, 0.29) is 5.60 Å². The summed E-state index contributed by atoms with van der Waals surface area (Å²) < 4.78 is 12.1. The summed E-state index contributed by atoms with van der Waals surface area (Å²) in [5.41, 5.74) is 5.94. The summed E-state index contributed by atoms with van der Waals surface area (Å²) in [5, 5.41) is 0. The molecule has 19 heavy (non-hydrogen) atoms. The normalized spacial score (nSPS) is 39.9. The molecule has 1 saturated carbocycles. The Labute approximate surface area is 118 Å². The van der Waals surface area contributed by atoms with Crippen molar-refractivity contribution in [1.82, 2.24) is 0 Å². The number of nitrogens with two attached hydrogens (primary N) is 1. The van der Waals surface area contributed by atoms with Gasteiger partial charge in [-0.1, -0.05) is 13.8 Å². The minimum Gasteiger partial charge on any atom is -0.373 e. The van der Waals surface area contributed by atoms with Crippen LogP contribution in [0.25, 0.3) is 0 Å². The highest BCUT2D eigenvalue weighted by atomic mass is 16.6. The lowest BCUT2D eigenvalue weighted by atomic mass is 9.74. The number of hydrogen-bond acceptors (Lipinski definition) is 3. The van der Waals surface area contributed by atoms with E-state index >= 15 is 0 Å². The maximum absolute atomic E-state index is 6.23. The zero-order valence-corrected chi connectivity index (χ0v) is 12.9. The average molecular weight is 269 g/mol. The van der Waals surface area contributed by atoms with Crippen LogP contribution in [0.15, 0.2) is 0 Å². The van der Waals surface area contributed by atoms with Crippen LogP contribution in [-0.2, 0) is 9.47 Å². The molecule has 0 spiro atoms. The lowest BCUT2D eigenvalue weighted by molar-refractivity contribution is -0.110. The van der Waals surface area contributed by atoms with Crippen LogP contribution in [0.4, 0.5) is 0 Å². The molecule has 0 radical (unpaired) electrons. The molecule has 0 bridgehead atoms. The number of rotatable bonds is 5. The Balaban J connectivity index is 1.79. The molecule has 0 amide bonds. The van der Waals surface area contributed by atoms with Crippen LogP contribution >= 0.6 is 0 Å². The van der Waals surface area contributed by atoms with Crippen LogP contribution in [0.2, 0.25) is 0 Å². The molecule has 3 nitrogen and oxygen atoms in total. The zero-order valence-electron chi connectivity index (χ0n) is 12.9. The van der Waals surface area contributed by atoms with Crippen molar-refractivity contribution in [3.05, 3.63) is 0 Å². The molecule has 0 aromatic rings. The minimum atomic E-state index is -0.0689. The van der Waals surface area contributed by atoms with Gasteiger partial charge in [-0.25, -0.2) is 0 Å². The molecule has 112 valence electrons. The predicted molar refractivity (Wildman–Crippen MR) is 78.1 cm³/mol. The molecule has 2 rings (SSSR count). The summed E-state index contributed by atoms with van der Waals surface area (Å²) in [4.78, 5) is 0. The summed E-state index contributed by atoms with van der Waals surface area (Å²) in [7, 11) is 0. The Morgan fingerprint density at radius 2 is 1.89 bits per heavy atom. The van der Waals surface area contributed by atoms with Crippen molar-refractivity contribution in [2.24, 2.45) is 17.6 Å². The molecular weight excluding hydrogens is 238 g/mol. The molecule has 3 heteroatoms. The van der Waals surface area contributed by atoms with Crippen molar-refractivity contribution < 1.29 is 9.47 Å². The van der Waals surface area contributed by atoms with Crippen LogP contribution in [0.3, 0.4) is 0 Å². The summed E-state index contributed by atoms with van der Waals surface area (Å²) in [5.74, 6) is 1.64. The van der Waals surface area contributed by atoms with Gasteiger partial charge in [0.25, 0.3) is 0 Å². The first-order valence-electron chi connectivity index (χ1n) is 8.04. The van der Waals surface area contributed by atoms with Crippen LogP contribution in [0.5, 0.6) is 0 Å². The quantitative estimate of drug-likeness (QED) is 0.834. The molecule has 2 N–H and O–H groups in total. The molecule has 1 aliphatic heterocycles. The fraction of sp³-hybridized carbons (Fsp3) is 1.00. The standard InChI is InChI=1S/C16H31NO2/c1-12(2)14-6-8-16(11-17,9-7-14)18-10-15-5-4-13(3)19-15/h12-15H,4-11,17H2,1-3H3. The Morgan fingerprint density at radius 3 is 2.37 bits per heavy atom. The largest absolute Gasteiger partial charge is 0.373 e. The van der Waals surface area contributed by atoms with Gasteiger partial charge in [0.15, 0.2) is 0 Å². The van der Waals surface area contributed by atoms with Gasteiger partial charge in [-0.3, -0.25) is 0 Å². The second-order valence-electron chi connectivity index (χ2n) is 6.93. The van der Waals surface area contributed by atoms with Crippen LogP contribution in [0.1, 0.15) is 59.3 Å². The molecule has 0 aromatic carbocycles. The highest BCUT2D eigenvalue weighted by Crippen LogP contribution is 2.38. The molecule has 1 aliphatic carbocycles. The van der Waals surface area contributed by atoms with Crippen LogP contribution < -0.4 is 5.73 Å². The van der Waals surface area contributed by atoms with Crippen molar-refractivity contribution in [3.8, 4) is 0 Å². The third kappa shape index (κ3) is 3.93. The van der Waals surface area contributed by atoms with Crippen molar-refractivity contribution in [2.75, 3.05) is 13.2 Å². The van der Waals surface area contributed by atoms with Gasteiger partial charge in [-0.2, -0.15) is 0 Å². The van der Waals surface area contributed by atoms with Gasteiger partial charge in [-0.05, 0) is 57.3 Å². The molecule has 2 atom stereocenters. The van der Waals surface area contributed by atoms with E-state index in [2.05, 4.69) is 20.8 Å². The monoisotopic (exact) mass is 269 g/mol. The minimum absolute atomic E-state index is 0.0689. The molecule has 2 aliphatic rings. The van der Waals surface area contributed by atoms with Crippen molar-refractivity contribution >= 4 is 0 Å². The SMILES string of the molecule is CC1CCC(COC2(CN)CCC(C(C)C)CC2)O1. The predicted octanol–water partition coefficient (Wildman–Crippen LogP) is 3.11. The fourth-order valence-corrected chi connectivity index (χ4v) is 3.52. The Bertz CT molecular complexity index is 272. The second kappa shape index (κ2) is 6.55. The van der Waals surface area contributed by atoms with E-state index in [1.165, 1.54) is 19.3 Å².